The van der Waals surface area contributed by atoms with E-state index >= 15 is 0 Å². The summed E-state index contributed by atoms with van der Waals surface area (Å²) in [5.41, 5.74) is 6.78. The van der Waals surface area contributed by atoms with Gasteiger partial charge in [-0.25, -0.2) is 9.78 Å². The first-order chi connectivity index (χ1) is 8.52. The van der Waals surface area contributed by atoms with E-state index in [9.17, 15) is 4.79 Å². The maximum absolute atomic E-state index is 11.4. The second-order valence-corrected chi connectivity index (χ2v) is 4.95. The summed E-state index contributed by atoms with van der Waals surface area (Å²) in [5.74, 6) is 1.69. The summed E-state index contributed by atoms with van der Waals surface area (Å²) >= 11 is 0. The maximum atomic E-state index is 11.4. The summed E-state index contributed by atoms with van der Waals surface area (Å²) in [6.07, 6.45) is 1.25. The lowest BCUT2D eigenvalue weighted by molar-refractivity contribution is 0.0594. The van der Waals surface area contributed by atoms with E-state index in [1.807, 2.05) is 11.9 Å². The van der Waals surface area contributed by atoms with Crippen molar-refractivity contribution in [2.24, 2.45) is 11.8 Å². The van der Waals surface area contributed by atoms with Gasteiger partial charge in [-0.15, -0.1) is 0 Å². The van der Waals surface area contributed by atoms with Gasteiger partial charge < -0.3 is 15.4 Å². The molecule has 18 heavy (non-hydrogen) atoms. The van der Waals surface area contributed by atoms with Gasteiger partial charge in [0.15, 0.2) is 11.5 Å². The van der Waals surface area contributed by atoms with Crippen molar-refractivity contribution in [1.29, 1.82) is 0 Å². The number of pyridine rings is 1. The first-order valence-corrected chi connectivity index (χ1v) is 6.09. The van der Waals surface area contributed by atoms with Crippen molar-refractivity contribution in [2.75, 3.05) is 31.3 Å². The Balaban J connectivity index is 2.17. The minimum absolute atomic E-state index is 0.289. The number of methoxy groups -OCH3 is 1. The first kappa shape index (κ1) is 12.7. The molecule has 0 spiro atoms. The molecular formula is C13H19N3O2. The number of nitrogen functional groups attached to an aromatic ring is 1. The van der Waals surface area contributed by atoms with Crippen molar-refractivity contribution in [3.05, 3.63) is 17.8 Å². The van der Waals surface area contributed by atoms with E-state index in [0.29, 0.717) is 17.4 Å². The second kappa shape index (κ2) is 4.84. The van der Waals surface area contributed by atoms with Gasteiger partial charge in [0.1, 0.15) is 0 Å². The molecule has 0 aromatic carbocycles. The van der Waals surface area contributed by atoms with Crippen LogP contribution in [0.2, 0.25) is 0 Å². The smallest absolute Gasteiger partial charge is 0.356 e. The molecule has 1 aliphatic carbocycles. The van der Waals surface area contributed by atoms with E-state index in [1.54, 1.807) is 12.1 Å². The predicted molar refractivity (Wildman–Crippen MR) is 70.5 cm³/mol. The Morgan fingerprint density at radius 2 is 2.28 bits per heavy atom. The Morgan fingerprint density at radius 3 is 2.83 bits per heavy atom. The van der Waals surface area contributed by atoms with Crippen LogP contribution < -0.4 is 10.6 Å². The Kier molecular flexibility index (Phi) is 3.41. The number of hydrogen-bond donors (Lipinski definition) is 1. The predicted octanol–water partition coefficient (Wildman–Crippen LogP) is 1.54. The van der Waals surface area contributed by atoms with E-state index in [2.05, 4.69) is 16.6 Å². The largest absolute Gasteiger partial charge is 0.464 e. The highest BCUT2D eigenvalue weighted by molar-refractivity contribution is 5.88. The topological polar surface area (TPSA) is 68.5 Å². The number of carbonyl (C=O) groups is 1. The quantitative estimate of drug-likeness (QED) is 0.820. The minimum Gasteiger partial charge on any atom is -0.464 e. The summed E-state index contributed by atoms with van der Waals surface area (Å²) in [7, 11) is 3.29. The highest BCUT2D eigenvalue weighted by Crippen LogP contribution is 2.39. The van der Waals surface area contributed by atoms with Gasteiger partial charge in [0.25, 0.3) is 0 Å². The van der Waals surface area contributed by atoms with Crippen molar-refractivity contribution in [3.8, 4) is 0 Å². The standard InChI is InChI=1S/C13H19N3O2/c1-8-6-9(8)7-16(2)12-10(14)4-5-11(15-12)13(17)18-3/h4-5,8-9H,6-7,14H2,1-3H3. The zero-order valence-corrected chi connectivity index (χ0v) is 11.0. The average Bonchev–Trinajstić information content (AvgIpc) is 3.04. The molecule has 2 N–H and O–H groups in total. The minimum atomic E-state index is -0.440. The monoisotopic (exact) mass is 249 g/mol. The van der Waals surface area contributed by atoms with Crippen LogP contribution in [-0.4, -0.2) is 31.7 Å². The molecule has 98 valence electrons. The van der Waals surface area contributed by atoms with Crippen LogP contribution in [0, 0.1) is 11.8 Å². The van der Waals surface area contributed by atoms with Gasteiger partial charge in [0.05, 0.1) is 12.8 Å². The van der Waals surface area contributed by atoms with Crippen molar-refractivity contribution < 1.29 is 9.53 Å². The molecule has 2 rings (SSSR count). The first-order valence-electron chi connectivity index (χ1n) is 6.09. The van der Waals surface area contributed by atoms with Crippen LogP contribution in [-0.2, 0) is 4.74 Å². The molecule has 0 bridgehead atoms. The molecule has 1 saturated carbocycles. The van der Waals surface area contributed by atoms with Crippen LogP contribution in [0.4, 0.5) is 11.5 Å². The third kappa shape index (κ3) is 2.55. The molecule has 0 saturated heterocycles. The summed E-state index contributed by atoms with van der Waals surface area (Å²) in [4.78, 5) is 17.7. The van der Waals surface area contributed by atoms with Crippen LogP contribution in [0.1, 0.15) is 23.8 Å². The summed E-state index contributed by atoms with van der Waals surface area (Å²) in [6, 6.07) is 3.28. The molecule has 1 fully saturated rings. The molecule has 1 aromatic rings. The van der Waals surface area contributed by atoms with Gasteiger partial charge in [0, 0.05) is 13.6 Å². The van der Waals surface area contributed by atoms with E-state index in [0.717, 1.165) is 12.5 Å². The van der Waals surface area contributed by atoms with Crippen molar-refractivity contribution in [1.82, 2.24) is 4.98 Å². The fourth-order valence-corrected chi connectivity index (χ4v) is 2.07. The lowest BCUT2D eigenvalue weighted by Gasteiger charge is -2.20. The van der Waals surface area contributed by atoms with Gasteiger partial charge in [-0.3, -0.25) is 0 Å². The van der Waals surface area contributed by atoms with Gasteiger partial charge in [-0.05, 0) is 30.4 Å². The van der Waals surface area contributed by atoms with E-state index < -0.39 is 5.97 Å². The number of carbonyl (C=O) groups excluding carboxylic acids is 1. The van der Waals surface area contributed by atoms with Crippen LogP contribution >= 0.6 is 0 Å². The average molecular weight is 249 g/mol. The highest BCUT2D eigenvalue weighted by Gasteiger charge is 2.33. The van der Waals surface area contributed by atoms with Gasteiger partial charge in [-0.2, -0.15) is 0 Å². The van der Waals surface area contributed by atoms with Crippen LogP contribution in [0.3, 0.4) is 0 Å². The van der Waals surface area contributed by atoms with Gasteiger partial charge >= 0.3 is 5.97 Å². The fraction of sp³-hybridized carbons (Fsp3) is 0.538. The van der Waals surface area contributed by atoms with Gasteiger partial charge in [-0.1, -0.05) is 6.92 Å². The molecule has 2 atom stereocenters. The number of nitrogens with two attached hydrogens (primary N) is 1. The Labute approximate surface area is 107 Å². The lowest BCUT2D eigenvalue weighted by Crippen LogP contribution is -2.23. The van der Waals surface area contributed by atoms with Crippen LogP contribution in [0.25, 0.3) is 0 Å². The lowest BCUT2D eigenvalue weighted by atomic mass is 10.2. The summed E-state index contributed by atoms with van der Waals surface area (Å²) in [6.45, 7) is 3.16. The second-order valence-electron chi connectivity index (χ2n) is 4.95. The number of nitrogens with zero attached hydrogens (tertiary/aromatic N) is 2. The number of ether oxygens (including phenoxy) is 1. The van der Waals surface area contributed by atoms with E-state index in [-0.39, 0.29) is 5.69 Å². The van der Waals surface area contributed by atoms with Crippen molar-refractivity contribution in [3.63, 3.8) is 0 Å². The molecule has 1 aromatic heterocycles. The normalized spacial score (nSPS) is 21.5. The molecule has 5 heteroatoms. The Morgan fingerprint density at radius 1 is 1.61 bits per heavy atom. The molecule has 2 unspecified atom stereocenters. The van der Waals surface area contributed by atoms with Crippen LogP contribution in [0.15, 0.2) is 12.1 Å². The summed E-state index contributed by atoms with van der Waals surface area (Å²) < 4.78 is 4.66. The maximum Gasteiger partial charge on any atom is 0.356 e. The van der Waals surface area contributed by atoms with E-state index in [1.165, 1.54) is 13.5 Å². The SMILES string of the molecule is COC(=O)c1ccc(N)c(N(C)CC2CC2C)n1. The van der Waals surface area contributed by atoms with E-state index in [4.69, 9.17) is 5.73 Å². The zero-order chi connectivity index (χ0) is 13.3. The molecule has 0 amide bonds. The Hall–Kier alpha value is -1.78. The molecule has 1 heterocycles. The summed E-state index contributed by atoms with van der Waals surface area (Å²) in [5, 5.41) is 0. The Bertz CT molecular complexity index is 462. The highest BCUT2D eigenvalue weighted by atomic mass is 16.5. The van der Waals surface area contributed by atoms with Crippen LogP contribution in [0.5, 0.6) is 0 Å². The molecule has 1 aliphatic rings. The molecule has 0 aliphatic heterocycles. The number of esters is 1. The molecule has 5 nitrogen and oxygen atoms in total. The number of aromatic nitrogens is 1. The number of rotatable bonds is 4. The molecular weight excluding hydrogens is 230 g/mol. The van der Waals surface area contributed by atoms with Crippen molar-refractivity contribution >= 4 is 17.5 Å². The third-order valence-corrected chi connectivity index (χ3v) is 3.45. The van der Waals surface area contributed by atoms with Crippen molar-refractivity contribution in [2.45, 2.75) is 13.3 Å². The number of anilines is 2. The third-order valence-electron chi connectivity index (χ3n) is 3.45. The molecule has 0 radical (unpaired) electrons. The number of hydrogen-bond acceptors (Lipinski definition) is 5. The zero-order valence-electron chi connectivity index (χ0n) is 11.0. The fourth-order valence-electron chi connectivity index (χ4n) is 2.07. The van der Waals surface area contributed by atoms with Gasteiger partial charge in [0.2, 0.25) is 0 Å².